The Kier molecular flexibility index (Phi) is 5.51. The minimum absolute atomic E-state index is 0. The van der Waals surface area contributed by atoms with E-state index in [-0.39, 0.29) is 29.4 Å². The zero-order valence-corrected chi connectivity index (χ0v) is 16.0. The molecule has 1 aromatic carbocycles. The maximum absolute atomic E-state index is 5.51. The standard InChI is InChI=1S/C18H25NO.BrH.ClH/c1-19-10-9-18-8-4-3-5-15(18)17(19)11-13-6-7-14(20-2)12-16(13)18;;/h6-7,12,15,17H,3-5,8-11H2,1-2H3;2*1H/t15-,17+,18+;;/m1../s1. The van der Waals surface area contributed by atoms with Gasteiger partial charge in [-0.05, 0) is 68.5 Å². The summed E-state index contributed by atoms with van der Waals surface area (Å²) in [5.74, 6) is 1.91. The van der Waals surface area contributed by atoms with E-state index < -0.39 is 0 Å². The molecule has 0 amide bonds. The van der Waals surface area contributed by atoms with Crippen molar-refractivity contribution in [1.82, 2.24) is 4.90 Å². The van der Waals surface area contributed by atoms with Gasteiger partial charge in [0.2, 0.25) is 0 Å². The average molecular weight is 389 g/mol. The van der Waals surface area contributed by atoms with Crippen molar-refractivity contribution < 1.29 is 4.74 Å². The monoisotopic (exact) mass is 387 g/mol. The number of hydrogen-bond acceptors (Lipinski definition) is 2. The van der Waals surface area contributed by atoms with E-state index in [2.05, 4.69) is 30.1 Å². The molecule has 2 fully saturated rings. The predicted molar refractivity (Wildman–Crippen MR) is 98.9 cm³/mol. The molecule has 1 saturated carbocycles. The van der Waals surface area contributed by atoms with Crippen molar-refractivity contribution in [2.24, 2.45) is 5.92 Å². The molecule has 2 aliphatic carbocycles. The van der Waals surface area contributed by atoms with Crippen LogP contribution in [0.3, 0.4) is 0 Å². The lowest BCUT2D eigenvalue weighted by Crippen LogP contribution is -2.59. The summed E-state index contributed by atoms with van der Waals surface area (Å²) < 4.78 is 5.51. The Balaban J connectivity index is 0.000000882. The van der Waals surface area contributed by atoms with Crippen molar-refractivity contribution in [2.75, 3.05) is 20.7 Å². The van der Waals surface area contributed by atoms with Crippen LogP contribution in [0.2, 0.25) is 0 Å². The Hall–Kier alpha value is -0.250. The first kappa shape index (κ1) is 18.1. The number of nitrogens with zero attached hydrogens (tertiary/aromatic N) is 1. The van der Waals surface area contributed by atoms with Gasteiger partial charge in [-0.15, -0.1) is 29.4 Å². The first-order chi connectivity index (χ1) is 9.74. The Bertz CT molecular complexity index is 538. The number of halogens is 2. The smallest absolute Gasteiger partial charge is 0.119 e. The Morgan fingerprint density at radius 2 is 2.05 bits per heavy atom. The Morgan fingerprint density at radius 3 is 2.82 bits per heavy atom. The van der Waals surface area contributed by atoms with Gasteiger partial charge in [0.25, 0.3) is 0 Å². The van der Waals surface area contributed by atoms with Crippen LogP contribution in [-0.4, -0.2) is 31.6 Å². The van der Waals surface area contributed by atoms with Gasteiger partial charge < -0.3 is 9.64 Å². The normalized spacial score (nSPS) is 32.8. The van der Waals surface area contributed by atoms with Crippen LogP contribution in [0.15, 0.2) is 18.2 Å². The molecule has 0 unspecified atom stereocenters. The van der Waals surface area contributed by atoms with E-state index in [1.54, 1.807) is 18.2 Å². The lowest BCUT2D eigenvalue weighted by Gasteiger charge is -2.58. The maximum Gasteiger partial charge on any atom is 0.119 e. The van der Waals surface area contributed by atoms with Gasteiger partial charge in [0, 0.05) is 11.5 Å². The lowest BCUT2D eigenvalue weighted by molar-refractivity contribution is 0.00274. The van der Waals surface area contributed by atoms with Gasteiger partial charge in [0.15, 0.2) is 0 Å². The second kappa shape index (κ2) is 6.70. The molecule has 2 nitrogen and oxygen atoms in total. The minimum atomic E-state index is 0. The van der Waals surface area contributed by atoms with E-state index in [0.717, 1.165) is 17.7 Å². The highest BCUT2D eigenvalue weighted by molar-refractivity contribution is 8.93. The summed E-state index contributed by atoms with van der Waals surface area (Å²) >= 11 is 0. The summed E-state index contributed by atoms with van der Waals surface area (Å²) in [6.07, 6.45) is 8.22. The molecule has 3 atom stereocenters. The van der Waals surface area contributed by atoms with Crippen LogP contribution in [0.25, 0.3) is 0 Å². The molecule has 0 N–H and O–H groups in total. The summed E-state index contributed by atoms with van der Waals surface area (Å²) in [5, 5.41) is 0. The van der Waals surface area contributed by atoms with E-state index in [9.17, 15) is 0 Å². The molecule has 4 rings (SSSR count). The van der Waals surface area contributed by atoms with Crippen LogP contribution in [-0.2, 0) is 11.8 Å². The third kappa shape index (κ3) is 2.50. The highest BCUT2D eigenvalue weighted by Crippen LogP contribution is 2.55. The van der Waals surface area contributed by atoms with Crippen molar-refractivity contribution in [1.29, 1.82) is 0 Å². The van der Waals surface area contributed by atoms with Gasteiger partial charge in [-0.3, -0.25) is 0 Å². The molecule has 124 valence electrons. The van der Waals surface area contributed by atoms with Crippen LogP contribution >= 0.6 is 29.4 Å². The summed E-state index contributed by atoms with van der Waals surface area (Å²) in [6.45, 7) is 1.26. The Morgan fingerprint density at radius 1 is 1.23 bits per heavy atom. The van der Waals surface area contributed by atoms with Crippen LogP contribution in [0.1, 0.15) is 43.2 Å². The fourth-order valence-electron chi connectivity index (χ4n) is 5.30. The zero-order valence-electron chi connectivity index (χ0n) is 13.5. The largest absolute Gasteiger partial charge is 0.497 e. The van der Waals surface area contributed by atoms with Crippen LogP contribution in [0.4, 0.5) is 0 Å². The first-order valence-corrected chi connectivity index (χ1v) is 8.12. The first-order valence-electron chi connectivity index (χ1n) is 8.12. The molecule has 4 heteroatoms. The number of ether oxygens (including phenoxy) is 1. The van der Waals surface area contributed by atoms with Crippen molar-refractivity contribution in [3.05, 3.63) is 29.3 Å². The molecule has 3 aliphatic rings. The second-order valence-electron chi connectivity index (χ2n) is 7.03. The molecule has 0 spiro atoms. The van der Waals surface area contributed by atoms with Gasteiger partial charge in [0.1, 0.15) is 5.75 Å². The van der Waals surface area contributed by atoms with Crippen molar-refractivity contribution in [2.45, 2.75) is 50.0 Å². The number of fused-ring (bicyclic) bond motifs is 1. The number of piperidine rings is 1. The fraction of sp³-hybridized carbons (Fsp3) is 0.667. The highest BCUT2D eigenvalue weighted by atomic mass is 79.9. The minimum Gasteiger partial charge on any atom is -0.497 e. The average Bonchev–Trinajstić information content (AvgIpc) is 2.50. The van der Waals surface area contributed by atoms with E-state index in [0.29, 0.717) is 5.41 Å². The van der Waals surface area contributed by atoms with Gasteiger partial charge in [-0.25, -0.2) is 0 Å². The summed E-state index contributed by atoms with van der Waals surface area (Å²) in [5.41, 5.74) is 3.67. The quantitative estimate of drug-likeness (QED) is 0.708. The number of rotatable bonds is 1. The summed E-state index contributed by atoms with van der Waals surface area (Å²) in [4.78, 5) is 2.63. The van der Waals surface area contributed by atoms with E-state index in [1.165, 1.54) is 45.1 Å². The molecule has 0 aromatic heterocycles. The van der Waals surface area contributed by atoms with E-state index >= 15 is 0 Å². The number of likely N-dealkylation sites (tertiary alicyclic amines) is 1. The van der Waals surface area contributed by atoms with Crippen molar-refractivity contribution in [3.63, 3.8) is 0 Å². The van der Waals surface area contributed by atoms with Crippen molar-refractivity contribution >= 4 is 29.4 Å². The molecule has 1 aliphatic heterocycles. The highest BCUT2D eigenvalue weighted by Gasteiger charge is 2.53. The molecule has 2 bridgehead atoms. The van der Waals surface area contributed by atoms with Crippen molar-refractivity contribution in [3.8, 4) is 5.75 Å². The third-order valence-corrected chi connectivity index (χ3v) is 6.32. The third-order valence-electron chi connectivity index (χ3n) is 6.32. The molecule has 1 aromatic rings. The molecule has 0 radical (unpaired) electrons. The number of likely N-dealkylation sites (N-methyl/N-ethyl adjacent to an activating group) is 1. The lowest BCUT2D eigenvalue weighted by atomic mass is 9.52. The number of methoxy groups -OCH3 is 1. The van der Waals surface area contributed by atoms with Crippen LogP contribution < -0.4 is 4.74 Å². The maximum atomic E-state index is 5.51. The van der Waals surface area contributed by atoms with Gasteiger partial charge in [0.05, 0.1) is 7.11 Å². The molecule has 22 heavy (non-hydrogen) atoms. The molecule has 1 heterocycles. The Labute approximate surface area is 150 Å². The fourth-order valence-corrected chi connectivity index (χ4v) is 5.30. The molecule has 1 saturated heterocycles. The second-order valence-corrected chi connectivity index (χ2v) is 7.03. The van der Waals surface area contributed by atoms with Gasteiger partial charge in [-0.2, -0.15) is 0 Å². The topological polar surface area (TPSA) is 12.5 Å². The predicted octanol–water partition coefficient (Wildman–Crippen LogP) is 4.38. The number of hydrogen-bond donors (Lipinski definition) is 0. The van der Waals surface area contributed by atoms with Gasteiger partial charge in [-0.1, -0.05) is 18.9 Å². The molecular weight excluding hydrogens is 362 g/mol. The summed E-state index contributed by atoms with van der Waals surface area (Å²) in [6, 6.07) is 7.60. The molecular formula is C18H27BrClNO. The van der Waals surface area contributed by atoms with Gasteiger partial charge >= 0.3 is 0 Å². The van der Waals surface area contributed by atoms with Crippen LogP contribution in [0.5, 0.6) is 5.75 Å². The van der Waals surface area contributed by atoms with E-state index in [4.69, 9.17) is 4.74 Å². The summed E-state index contributed by atoms with van der Waals surface area (Å²) in [7, 11) is 4.12. The zero-order chi connectivity index (χ0) is 13.7. The number of benzene rings is 1. The SMILES string of the molecule is Br.COc1ccc2c(c1)[C@]13CCCC[C@@H]1[C@H](C2)N(C)CC3.Cl. The van der Waals surface area contributed by atoms with Crippen LogP contribution in [0, 0.1) is 5.92 Å². The van der Waals surface area contributed by atoms with E-state index in [1.807, 2.05) is 0 Å².